The molecule has 124 valence electrons. The Kier molecular flexibility index (Phi) is 7.67. The standard InChI is InChI=1S/C17H25ClN2O.ClH/c1-13(19-2)12-20-16(21)17(8-3-4-9-17)11-14-6-5-7-15(18)10-14;/h5-7,10,13,19H,3-4,8-9,11-12H2,1-2H3,(H,20,21);1H. The SMILES string of the molecule is CNC(C)CNC(=O)C1(Cc2cccc(Cl)c2)CCCC1.Cl. The summed E-state index contributed by atoms with van der Waals surface area (Å²) in [6.07, 6.45) is 5.00. The fourth-order valence-electron chi connectivity index (χ4n) is 3.11. The van der Waals surface area contributed by atoms with Gasteiger partial charge in [0.1, 0.15) is 0 Å². The zero-order valence-corrected chi connectivity index (χ0v) is 14.9. The number of carbonyl (C=O) groups is 1. The second kappa shape index (κ2) is 8.76. The number of halogens is 2. The van der Waals surface area contributed by atoms with Crippen molar-refractivity contribution in [1.82, 2.24) is 10.6 Å². The molecule has 2 N–H and O–H groups in total. The summed E-state index contributed by atoms with van der Waals surface area (Å²) >= 11 is 6.07. The van der Waals surface area contributed by atoms with Crippen LogP contribution < -0.4 is 10.6 Å². The highest BCUT2D eigenvalue weighted by Crippen LogP contribution is 2.41. The highest BCUT2D eigenvalue weighted by atomic mass is 35.5. The lowest BCUT2D eigenvalue weighted by Crippen LogP contribution is -2.45. The van der Waals surface area contributed by atoms with E-state index in [4.69, 9.17) is 11.6 Å². The molecule has 0 aromatic heterocycles. The molecular weight excluding hydrogens is 319 g/mol. The summed E-state index contributed by atoms with van der Waals surface area (Å²) in [4.78, 5) is 12.7. The Morgan fingerprint density at radius 3 is 2.64 bits per heavy atom. The van der Waals surface area contributed by atoms with Crippen LogP contribution in [0.3, 0.4) is 0 Å². The Hall–Kier alpha value is -0.770. The summed E-state index contributed by atoms with van der Waals surface area (Å²) in [5.74, 6) is 0.196. The Bertz CT molecular complexity index is 487. The van der Waals surface area contributed by atoms with Crippen molar-refractivity contribution in [3.05, 3.63) is 34.9 Å². The largest absolute Gasteiger partial charge is 0.354 e. The first kappa shape index (κ1) is 19.3. The molecular formula is C17H26Cl2N2O. The topological polar surface area (TPSA) is 41.1 Å². The molecule has 1 aliphatic rings. The molecule has 22 heavy (non-hydrogen) atoms. The number of carbonyl (C=O) groups excluding carboxylic acids is 1. The highest BCUT2D eigenvalue weighted by Gasteiger charge is 2.40. The first-order valence-electron chi connectivity index (χ1n) is 7.76. The predicted molar refractivity (Wildman–Crippen MR) is 94.8 cm³/mol. The van der Waals surface area contributed by atoms with Crippen LogP contribution in [0.2, 0.25) is 5.02 Å². The van der Waals surface area contributed by atoms with Crippen LogP contribution in [0.1, 0.15) is 38.2 Å². The molecule has 1 fully saturated rings. The molecule has 0 radical (unpaired) electrons. The third kappa shape index (κ3) is 4.87. The van der Waals surface area contributed by atoms with Crippen LogP contribution in [0.25, 0.3) is 0 Å². The van der Waals surface area contributed by atoms with Gasteiger partial charge in [-0.3, -0.25) is 4.79 Å². The van der Waals surface area contributed by atoms with Gasteiger partial charge in [-0.2, -0.15) is 0 Å². The molecule has 1 atom stereocenters. The van der Waals surface area contributed by atoms with Crippen molar-refractivity contribution in [3.63, 3.8) is 0 Å². The summed E-state index contributed by atoms with van der Waals surface area (Å²) in [7, 11) is 1.91. The van der Waals surface area contributed by atoms with Gasteiger partial charge in [-0.15, -0.1) is 12.4 Å². The minimum atomic E-state index is -0.252. The molecule has 3 nitrogen and oxygen atoms in total. The monoisotopic (exact) mass is 344 g/mol. The van der Waals surface area contributed by atoms with E-state index in [1.807, 2.05) is 25.2 Å². The lowest BCUT2D eigenvalue weighted by Gasteiger charge is -2.28. The van der Waals surface area contributed by atoms with Gasteiger partial charge in [-0.1, -0.05) is 36.6 Å². The molecule has 0 saturated heterocycles. The number of hydrogen-bond donors (Lipinski definition) is 2. The van der Waals surface area contributed by atoms with Gasteiger partial charge < -0.3 is 10.6 Å². The summed E-state index contributed by atoms with van der Waals surface area (Å²) in [6.45, 7) is 2.74. The molecule has 0 aliphatic heterocycles. The minimum Gasteiger partial charge on any atom is -0.354 e. The van der Waals surface area contributed by atoms with Crippen LogP contribution in [0.15, 0.2) is 24.3 Å². The van der Waals surface area contributed by atoms with E-state index in [0.717, 1.165) is 42.7 Å². The van der Waals surface area contributed by atoms with Crippen LogP contribution in [0.4, 0.5) is 0 Å². The van der Waals surface area contributed by atoms with Gasteiger partial charge in [0.2, 0.25) is 5.91 Å². The Morgan fingerprint density at radius 1 is 1.36 bits per heavy atom. The molecule has 1 unspecified atom stereocenters. The van der Waals surface area contributed by atoms with Gasteiger partial charge >= 0.3 is 0 Å². The van der Waals surface area contributed by atoms with E-state index in [0.29, 0.717) is 12.6 Å². The van der Waals surface area contributed by atoms with Gasteiger partial charge in [0.15, 0.2) is 0 Å². The maximum absolute atomic E-state index is 12.7. The van der Waals surface area contributed by atoms with E-state index < -0.39 is 0 Å². The van der Waals surface area contributed by atoms with E-state index in [2.05, 4.69) is 23.6 Å². The predicted octanol–water partition coefficient (Wildman–Crippen LogP) is 3.59. The smallest absolute Gasteiger partial charge is 0.226 e. The molecule has 2 rings (SSSR count). The lowest BCUT2D eigenvalue weighted by molar-refractivity contribution is -0.130. The fraction of sp³-hybridized carbons (Fsp3) is 0.588. The maximum Gasteiger partial charge on any atom is 0.226 e. The lowest BCUT2D eigenvalue weighted by atomic mass is 9.79. The van der Waals surface area contributed by atoms with E-state index in [-0.39, 0.29) is 23.7 Å². The summed E-state index contributed by atoms with van der Waals surface area (Å²) < 4.78 is 0. The number of nitrogens with one attached hydrogen (secondary N) is 2. The van der Waals surface area contributed by atoms with Crippen molar-refractivity contribution in [1.29, 1.82) is 0 Å². The fourth-order valence-corrected chi connectivity index (χ4v) is 3.32. The average Bonchev–Trinajstić information content (AvgIpc) is 2.94. The summed E-state index contributed by atoms with van der Waals surface area (Å²) in [5.41, 5.74) is 0.902. The van der Waals surface area contributed by atoms with Gasteiger partial charge in [-0.05, 0) is 50.9 Å². The molecule has 0 heterocycles. The number of benzene rings is 1. The zero-order valence-electron chi connectivity index (χ0n) is 13.3. The van der Waals surface area contributed by atoms with E-state index in [9.17, 15) is 4.79 Å². The second-order valence-corrected chi connectivity index (χ2v) is 6.63. The van der Waals surface area contributed by atoms with Crippen LogP contribution in [-0.4, -0.2) is 25.5 Å². The number of likely N-dealkylation sites (N-methyl/N-ethyl adjacent to an activating group) is 1. The number of amides is 1. The van der Waals surface area contributed by atoms with E-state index in [1.165, 1.54) is 0 Å². The maximum atomic E-state index is 12.7. The molecule has 1 amide bonds. The quantitative estimate of drug-likeness (QED) is 0.827. The Morgan fingerprint density at radius 2 is 2.05 bits per heavy atom. The van der Waals surface area contributed by atoms with Gasteiger partial charge in [0.05, 0.1) is 5.41 Å². The van der Waals surface area contributed by atoms with Crippen molar-refractivity contribution >= 4 is 29.9 Å². The molecule has 0 bridgehead atoms. The van der Waals surface area contributed by atoms with Gasteiger partial charge in [0, 0.05) is 17.6 Å². The number of hydrogen-bond acceptors (Lipinski definition) is 2. The summed E-state index contributed by atoms with van der Waals surface area (Å²) in [6, 6.07) is 8.17. The highest BCUT2D eigenvalue weighted by molar-refractivity contribution is 6.30. The van der Waals surface area contributed by atoms with Crippen molar-refractivity contribution in [2.45, 2.75) is 45.1 Å². The number of rotatable bonds is 6. The Balaban J connectivity index is 0.00000242. The normalized spacial score (nSPS) is 17.6. The van der Waals surface area contributed by atoms with E-state index in [1.54, 1.807) is 0 Å². The molecule has 1 aromatic rings. The van der Waals surface area contributed by atoms with Crippen LogP contribution in [0.5, 0.6) is 0 Å². The zero-order chi connectivity index (χ0) is 15.3. The minimum absolute atomic E-state index is 0. The van der Waals surface area contributed by atoms with E-state index >= 15 is 0 Å². The van der Waals surface area contributed by atoms with Crippen molar-refractivity contribution in [3.8, 4) is 0 Å². The van der Waals surface area contributed by atoms with Crippen LogP contribution >= 0.6 is 24.0 Å². The van der Waals surface area contributed by atoms with Crippen molar-refractivity contribution in [2.75, 3.05) is 13.6 Å². The third-order valence-electron chi connectivity index (χ3n) is 4.54. The van der Waals surface area contributed by atoms with Crippen molar-refractivity contribution < 1.29 is 4.79 Å². The first-order valence-corrected chi connectivity index (χ1v) is 8.13. The molecule has 1 aromatic carbocycles. The molecule has 1 saturated carbocycles. The average molecular weight is 345 g/mol. The second-order valence-electron chi connectivity index (χ2n) is 6.19. The van der Waals surface area contributed by atoms with Gasteiger partial charge in [0.25, 0.3) is 0 Å². The van der Waals surface area contributed by atoms with Crippen molar-refractivity contribution in [2.24, 2.45) is 5.41 Å². The molecule has 5 heteroatoms. The van der Waals surface area contributed by atoms with Crippen LogP contribution in [0, 0.1) is 5.41 Å². The van der Waals surface area contributed by atoms with Crippen LogP contribution in [-0.2, 0) is 11.2 Å². The Labute approximate surface area is 144 Å². The van der Waals surface area contributed by atoms with Gasteiger partial charge in [-0.25, -0.2) is 0 Å². The first-order chi connectivity index (χ1) is 10.1. The molecule has 1 aliphatic carbocycles. The summed E-state index contributed by atoms with van der Waals surface area (Å²) in [5, 5.41) is 7.01. The third-order valence-corrected chi connectivity index (χ3v) is 4.77. The molecule has 0 spiro atoms.